The first-order valence-corrected chi connectivity index (χ1v) is 7.92. The van der Waals surface area contributed by atoms with E-state index in [0.29, 0.717) is 0 Å². The first-order chi connectivity index (χ1) is 9.24. The van der Waals surface area contributed by atoms with Crippen molar-refractivity contribution in [3.8, 4) is 0 Å². The van der Waals surface area contributed by atoms with Gasteiger partial charge in [-0.25, -0.2) is 4.39 Å². The average Bonchev–Trinajstić information content (AvgIpc) is 2.39. The Hall–Kier alpha value is -0.580. The van der Waals surface area contributed by atoms with Crippen molar-refractivity contribution in [1.29, 1.82) is 0 Å². The molecule has 4 heteroatoms. The van der Waals surface area contributed by atoms with Gasteiger partial charge < -0.3 is 10.1 Å². The molecule has 1 saturated carbocycles. The minimum Gasteiger partial charge on any atom is -0.377 e. The van der Waals surface area contributed by atoms with Crippen LogP contribution in [0, 0.1) is 5.82 Å². The lowest BCUT2D eigenvalue weighted by Crippen LogP contribution is -2.49. The van der Waals surface area contributed by atoms with Crippen LogP contribution < -0.4 is 5.32 Å². The van der Waals surface area contributed by atoms with Crippen LogP contribution in [-0.4, -0.2) is 25.0 Å². The standard InChI is InChI=1S/C15H20FNOS/c1-18-15(7-3-8-15)10-17-13-6-9-19-14-11(13)4-2-5-12(14)16/h2,4-5,13,17H,3,6-10H2,1H3. The van der Waals surface area contributed by atoms with Crippen LogP contribution in [0.25, 0.3) is 0 Å². The molecule has 1 aliphatic carbocycles. The summed E-state index contributed by atoms with van der Waals surface area (Å²) in [5.41, 5.74) is 1.14. The minimum absolute atomic E-state index is 0.0259. The fraction of sp³-hybridized carbons (Fsp3) is 0.600. The lowest BCUT2D eigenvalue weighted by Gasteiger charge is -2.42. The maximum absolute atomic E-state index is 13.8. The molecule has 1 aromatic rings. The predicted octanol–water partition coefficient (Wildman–Crippen LogP) is 3.52. The van der Waals surface area contributed by atoms with Gasteiger partial charge in [0.1, 0.15) is 5.82 Å². The van der Waals surface area contributed by atoms with Gasteiger partial charge in [0.05, 0.1) is 5.60 Å². The number of halogens is 1. The van der Waals surface area contributed by atoms with Gasteiger partial charge in [0, 0.05) is 24.6 Å². The third-order valence-electron chi connectivity index (χ3n) is 4.39. The smallest absolute Gasteiger partial charge is 0.137 e. The molecule has 1 aliphatic heterocycles. The van der Waals surface area contributed by atoms with Gasteiger partial charge in [0.2, 0.25) is 0 Å². The van der Waals surface area contributed by atoms with Crippen molar-refractivity contribution >= 4 is 11.8 Å². The zero-order valence-electron chi connectivity index (χ0n) is 11.2. The van der Waals surface area contributed by atoms with Crippen LogP contribution in [0.2, 0.25) is 0 Å². The van der Waals surface area contributed by atoms with Gasteiger partial charge in [-0.2, -0.15) is 0 Å². The Bertz CT molecular complexity index is 456. The second-order valence-electron chi connectivity index (χ2n) is 5.47. The van der Waals surface area contributed by atoms with E-state index in [-0.39, 0.29) is 17.5 Å². The number of methoxy groups -OCH3 is 1. The normalized spacial score (nSPS) is 24.6. The van der Waals surface area contributed by atoms with Gasteiger partial charge in [0.25, 0.3) is 0 Å². The largest absolute Gasteiger partial charge is 0.377 e. The van der Waals surface area contributed by atoms with Gasteiger partial charge in [0.15, 0.2) is 0 Å². The average molecular weight is 281 g/mol. The van der Waals surface area contributed by atoms with Gasteiger partial charge in [-0.05, 0) is 43.1 Å². The summed E-state index contributed by atoms with van der Waals surface area (Å²) in [5.74, 6) is 0.894. The number of nitrogens with one attached hydrogen (secondary N) is 1. The van der Waals surface area contributed by atoms with E-state index in [1.54, 1.807) is 24.9 Å². The SMILES string of the molecule is COC1(CNC2CCSc3c(F)cccc32)CCC1. The molecule has 1 aromatic carbocycles. The zero-order chi connectivity index (χ0) is 13.3. The monoisotopic (exact) mass is 281 g/mol. The van der Waals surface area contributed by atoms with E-state index in [1.165, 1.54) is 6.42 Å². The van der Waals surface area contributed by atoms with Crippen molar-refractivity contribution in [3.63, 3.8) is 0 Å². The third-order valence-corrected chi connectivity index (χ3v) is 5.55. The zero-order valence-corrected chi connectivity index (χ0v) is 12.1. The van der Waals surface area contributed by atoms with Gasteiger partial charge in [-0.1, -0.05) is 12.1 Å². The molecule has 1 fully saturated rings. The van der Waals surface area contributed by atoms with E-state index in [0.717, 1.165) is 42.0 Å². The molecule has 2 aliphatic rings. The number of ether oxygens (including phenoxy) is 1. The van der Waals surface area contributed by atoms with E-state index in [9.17, 15) is 4.39 Å². The molecule has 19 heavy (non-hydrogen) atoms. The Labute approximate surface area is 118 Å². The molecule has 0 spiro atoms. The summed E-state index contributed by atoms with van der Waals surface area (Å²) in [6.07, 6.45) is 4.57. The molecule has 2 nitrogen and oxygen atoms in total. The molecule has 1 unspecified atom stereocenters. The molecular formula is C15H20FNOS. The topological polar surface area (TPSA) is 21.3 Å². The molecule has 0 aromatic heterocycles. The highest BCUT2D eigenvalue weighted by Crippen LogP contribution is 2.39. The van der Waals surface area contributed by atoms with Crippen molar-refractivity contribution in [3.05, 3.63) is 29.6 Å². The summed E-state index contributed by atoms with van der Waals surface area (Å²) in [6.45, 7) is 0.870. The van der Waals surface area contributed by atoms with Gasteiger partial charge >= 0.3 is 0 Å². The van der Waals surface area contributed by atoms with Crippen LogP contribution in [0.15, 0.2) is 23.1 Å². The molecule has 1 heterocycles. The van der Waals surface area contributed by atoms with Crippen LogP contribution in [0.4, 0.5) is 4.39 Å². The van der Waals surface area contributed by atoms with Crippen LogP contribution >= 0.6 is 11.8 Å². The molecule has 0 amide bonds. The second-order valence-corrected chi connectivity index (χ2v) is 6.57. The molecular weight excluding hydrogens is 261 g/mol. The maximum atomic E-state index is 13.8. The summed E-state index contributed by atoms with van der Waals surface area (Å²) in [7, 11) is 1.80. The van der Waals surface area contributed by atoms with Gasteiger partial charge in [-0.15, -0.1) is 11.8 Å². The van der Waals surface area contributed by atoms with Gasteiger partial charge in [-0.3, -0.25) is 0 Å². The first kappa shape index (κ1) is 13.4. The third kappa shape index (κ3) is 2.54. The minimum atomic E-state index is -0.0842. The molecule has 0 saturated heterocycles. The molecule has 0 bridgehead atoms. The Kier molecular flexibility index (Phi) is 3.83. The fourth-order valence-electron chi connectivity index (χ4n) is 2.93. The molecule has 1 N–H and O–H groups in total. The summed E-state index contributed by atoms with van der Waals surface area (Å²) in [4.78, 5) is 0.825. The van der Waals surface area contributed by atoms with Crippen LogP contribution in [-0.2, 0) is 4.74 Å². The van der Waals surface area contributed by atoms with E-state index in [1.807, 2.05) is 12.1 Å². The number of thioether (sulfide) groups is 1. The quantitative estimate of drug-likeness (QED) is 0.912. The Morgan fingerprint density at radius 2 is 2.32 bits per heavy atom. The summed E-state index contributed by atoms with van der Waals surface area (Å²) < 4.78 is 19.4. The second kappa shape index (κ2) is 5.43. The van der Waals surface area contributed by atoms with E-state index in [4.69, 9.17) is 4.74 Å². The number of rotatable bonds is 4. The molecule has 0 radical (unpaired) electrons. The highest BCUT2D eigenvalue weighted by atomic mass is 32.2. The highest BCUT2D eigenvalue weighted by Gasteiger charge is 2.37. The van der Waals surface area contributed by atoms with Crippen LogP contribution in [0.3, 0.4) is 0 Å². The number of fused-ring (bicyclic) bond motifs is 1. The maximum Gasteiger partial charge on any atom is 0.137 e. The van der Waals surface area contributed by atoms with Crippen LogP contribution in [0.5, 0.6) is 0 Å². The van der Waals surface area contributed by atoms with Crippen molar-refractivity contribution in [2.75, 3.05) is 19.4 Å². The number of benzene rings is 1. The first-order valence-electron chi connectivity index (χ1n) is 6.94. The van der Waals surface area contributed by atoms with Crippen molar-refractivity contribution in [1.82, 2.24) is 5.32 Å². The summed E-state index contributed by atoms with van der Waals surface area (Å²) >= 11 is 1.63. The van der Waals surface area contributed by atoms with Crippen molar-refractivity contribution in [2.45, 2.75) is 42.2 Å². The highest BCUT2D eigenvalue weighted by molar-refractivity contribution is 7.99. The fourth-order valence-corrected chi connectivity index (χ4v) is 4.07. The molecule has 3 rings (SSSR count). The molecule has 1 atom stereocenters. The Morgan fingerprint density at radius 3 is 3.00 bits per heavy atom. The predicted molar refractivity (Wildman–Crippen MR) is 76.1 cm³/mol. The molecule has 104 valence electrons. The lowest BCUT2D eigenvalue weighted by molar-refractivity contribution is -0.0710. The van der Waals surface area contributed by atoms with Crippen molar-refractivity contribution < 1.29 is 9.13 Å². The van der Waals surface area contributed by atoms with E-state index in [2.05, 4.69) is 5.32 Å². The Morgan fingerprint density at radius 1 is 1.47 bits per heavy atom. The summed E-state index contributed by atoms with van der Waals surface area (Å²) in [5, 5.41) is 3.59. The summed E-state index contributed by atoms with van der Waals surface area (Å²) in [6, 6.07) is 5.67. The van der Waals surface area contributed by atoms with E-state index < -0.39 is 0 Å². The van der Waals surface area contributed by atoms with Crippen molar-refractivity contribution in [2.24, 2.45) is 0 Å². The Balaban J connectivity index is 1.72. The van der Waals surface area contributed by atoms with Crippen LogP contribution in [0.1, 0.15) is 37.3 Å². The lowest BCUT2D eigenvalue weighted by atomic mass is 9.79. The number of hydrogen-bond acceptors (Lipinski definition) is 3. The van der Waals surface area contributed by atoms with E-state index >= 15 is 0 Å². The number of hydrogen-bond donors (Lipinski definition) is 1.